The molecular formula is C14H24N2O2. The molecule has 0 radical (unpaired) electrons. The third-order valence-electron chi connectivity index (χ3n) is 2.71. The van der Waals surface area contributed by atoms with Gasteiger partial charge in [-0.1, -0.05) is 6.07 Å². The van der Waals surface area contributed by atoms with Gasteiger partial charge in [-0.15, -0.1) is 0 Å². The number of hydrogen-bond acceptors (Lipinski definition) is 4. The molecule has 0 aliphatic heterocycles. The highest BCUT2D eigenvalue weighted by Crippen LogP contribution is 2.32. The van der Waals surface area contributed by atoms with Crippen molar-refractivity contribution in [2.24, 2.45) is 5.73 Å². The summed E-state index contributed by atoms with van der Waals surface area (Å²) in [5.74, 6) is 1.61. The van der Waals surface area contributed by atoms with Crippen LogP contribution in [-0.2, 0) is 0 Å². The van der Waals surface area contributed by atoms with Gasteiger partial charge in [0.2, 0.25) is 0 Å². The number of benzene rings is 1. The number of rotatable bonds is 7. The van der Waals surface area contributed by atoms with E-state index in [9.17, 15) is 0 Å². The number of nitrogens with zero attached hydrogens (tertiary/aromatic N) is 1. The molecule has 0 saturated carbocycles. The molecule has 1 aromatic carbocycles. The van der Waals surface area contributed by atoms with Crippen LogP contribution in [0.2, 0.25) is 0 Å². The predicted molar refractivity (Wildman–Crippen MR) is 74.3 cm³/mol. The van der Waals surface area contributed by atoms with Crippen LogP contribution in [0.15, 0.2) is 18.2 Å². The van der Waals surface area contributed by atoms with E-state index in [-0.39, 0.29) is 6.04 Å². The molecule has 0 spiro atoms. The van der Waals surface area contributed by atoms with Gasteiger partial charge in [-0.2, -0.15) is 0 Å². The van der Waals surface area contributed by atoms with Crippen molar-refractivity contribution in [1.29, 1.82) is 0 Å². The van der Waals surface area contributed by atoms with Crippen LogP contribution in [0.3, 0.4) is 0 Å². The average molecular weight is 252 g/mol. The fourth-order valence-electron chi connectivity index (χ4n) is 1.84. The van der Waals surface area contributed by atoms with E-state index in [0.29, 0.717) is 6.61 Å². The van der Waals surface area contributed by atoms with Gasteiger partial charge in [-0.05, 0) is 39.6 Å². The zero-order valence-electron chi connectivity index (χ0n) is 11.8. The van der Waals surface area contributed by atoms with Gasteiger partial charge in [0.25, 0.3) is 0 Å². The fourth-order valence-corrected chi connectivity index (χ4v) is 1.84. The Morgan fingerprint density at radius 1 is 1.28 bits per heavy atom. The summed E-state index contributed by atoms with van der Waals surface area (Å²) in [4.78, 5) is 2.14. The molecule has 0 aliphatic carbocycles. The van der Waals surface area contributed by atoms with Gasteiger partial charge in [0, 0.05) is 12.6 Å². The first kappa shape index (κ1) is 14.8. The van der Waals surface area contributed by atoms with E-state index in [0.717, 1.165) is 30.0 Å². The Hall–Kier alpha value is -1.26. The van der Waals surface area contributed by atoms with Crippen molar-refractivity contribution < 1.29 is 9.47 Å². The Morgan fingerprint density at radius 3 is 2.50 bits per heavy atom. The quantitative estimate of drug-likeness (QED) is 0.754. The number of ether oxygens (including phenoxy) is 2. The first-order chi connectivity index (χ1) is 8.56. The first-order valence-electron chi connectivity index (χ1n) is 6.26. The fraction of sp³-hybridized carbons (Fsp3) is 0.571. The van der Waals surface area contributed by atoms with E-state index in [4.69, 9.17) is 15.2 Å². The van der Waals surface area contributed by atoms with Gasteiger partial charge in [-0.25, -0.2) is 0 Å². The second-order valence-corrected chi connectivity index (χ2v) is 4.67. The molecule has 102 valence electrons. The maximum absolute atomic E-state index is 5.98. The number of hydrogen-bond donors (Lipinski definition) is 1. The van der Waals surface area contributed by atoms with Crippen LogP contribution < -0.4 is 15.2 Å². The molecule has 0 fully saturated rings. The summed E-state index contributed by atoms with van der Waals surface area (Å²) < 4.78 is 11.1. The van der Waals surface area contributed by atoms with Crippen molar-refractivity contribution in [3.63, 3.8) is 0 Å². The molecule has 0 heterocycles. The molecule has 0 amide bonds. The van der Waals surface area contributed by atoms with Crippen LogP contribution in [0.25, 0.3) is 0 Å². The molecule has 4 nitrogen and oxygen atoms in total. The summed E-state index contributed by atoms with van der Waals surface area (Å²) in [6.07, 6.45) is 0.989. The Bertz CT molecular complexity index is 365. The lowest BCUT2D eigenvalue weighted by Gasteiger charge is -2.17. The molecule has 0 saturated heterocycles. The van der Waals surface area contributed by atoms with Crippen LogP contribution in [0.4, 0.5) is 0 Å². The SMILES string of the molecule is COc1cccc(OCCCN(C)C)c1[C@H](C)N. The van der Waals surface area contributed by atoms with Gasteiger partial charge in [0.15, 0.2) is 0 Å². The molecular weight excluding hydrogens is 228 g/mol. The maximum atomic E-state index is 5.98. The van der Waals surface area contributed by atoms with E-state index in [1.54, 1.807) is 7.11 Å². The zero-order chi connectivity index (χ0) is 13.5. The minimum atomic E-state index is -0.106. The summed E-state index contributed by atoms with van der Waals surface area (Å²) in [5, 5.41) is 0. The standard InChI is InChI=1S/C14H24N2O2/c1-11(15)14-12(17-4)7-5-8-13(14)18-10-6-9-16(2)3/h5,7-8,11H,6,9-10,15H2,1-4H3/t11-/m0/s1. The lowest BCUT2D eigenvalue weighted by molar-refractivity contribution is 0.276. The summed E-state index contributed by atoms with van der Waals surface area (Å²) >= 11 is 0. The topological polar surface area (TPSA) is 47.7 Å². The highest BCUT2D eigenvalue weighted by Gasteiger charge is 2.13. The van der Waals surface area contributed by atoms with Crippen molar-refractivity contribution >= 4 is 0 Å². The minimum Gasteiger partial charge on any atom is -0.496 e. The molecule has 0 aromatic heterocycles. The smallest absolute Gasteiger partial charge is 0.127 e. The van der Waals surface area contributed by atoms with Gasteiger partial charge in [0.1, 0.15) is 11.5 Å². The highest BCUT2D eigenvalue weighted by molar-refractivity contribution is 5.46. The second kappa shape index (κ2) is 7.24. The largest absolute Gasteiger partial charge is 0.496 e. The third kappa shape index (κ3) is 4.20. The number of methoxy groups -OCH3 is 1. The minimum absolute atomic E-state index is 0.106. The molecule has 1 atom stereocenters. The summed E-state index contributed by atoms with van der Waals surface area (Å²) in [6, 6.07) is 5.67. The Balaban J connectivity index is 2.69. The van der Waals surface area contributed by atoms with E-state index < -0.39 is 0 Å². The first-order valence-corrected chi connectivity index (χ1v) is 6.26. The van der Waals surface area contributed by atoms with Gasteiger partial charge < -0.3 is 20.1 Å². The second-order valence-electron chi connectivity index (χ2n) is 4.67. The molecule has 1 aromatic rings. The normalized spacial score (nSPS) is 12.6. The van der Waals surface area contributed by atoms with Gasteiger partial charge in [0.05, 0.1) is 19.3 Å². The lowest BCUT2D eigenvalue weighted by Crippen LogP contribution is -2.16. The summed E-state index contributed by atoms with van der Waals surface area (Å²) in [6.45, 7) is 3.63. The molecule has 2 N–H and O–H groups in total. The molecule has 4 heteroatoms. The molecule has 0 bridgehead atoms. The number of nitrogens with two attached hydrogens (primary N) is 1. The molecule has 18 heavy (non-hydrogen) atoms. The van der Waals surface area contributed by atoms with Crippen molar-refractivity contribution in [3.05, 3.63) is 23.8 Å². The molecule has 0 aliphatic rings. The Morgan fingerprint density at radius 2 is 1.94 bits per heavy atom. The zero-order valence-corrected chi connectivity index (χ0v) is 11.8. The van der Waals surface area contributed by atoms with Crippen molar-refractivity contribution in [2.45, 2.75) is 19.4 Å². The van der Waals surface area contributed by atoms with Crippen LogP contribution in [0.5, 0.6) is 11.5 Å². The van der Waals surface area contributed by atoms with Crippen molar-refractivity contribution in [3.8, 4) is 11.5 Å². The van der Waals surface area contributed by atoms with Gasteiger partial charge >= 0.3 is 0 Å². The summed E-state index contributed by atoms with van der Waals surface area (Å²) in [5.41, 5.74) is 6.91. The predicted octanol–water partition coefficient (Wildman–Crippen LogP) is 2.05. The summed E-state index contributed by atoms with van der Waals surface area (Å²) in [7, 11) is 5.76. The van der Waals surface area contributed by atoms with E-state index >= 15 is 0 Å². The van der Waals surface area contributed by atoms with Gasteiger partial charge in [-0.3, -0.25) is 0 Å². The average Bonchev–Trinajstić information content (AvgIpc) is 2.33. The van der Waals surface area contributed by atoms with E-state index in [1.165, 1.54) is 0 Å². The Kier molecular flexibility index (Phi) is 5.95. The van der Waals surface area contributed by atoms with Crippen LogP contribution in [-0.4, -0.2) is 39.3 Å². The molecule has 0 unspecified atom stereocenters. The van der Waals surface area contributed by atoms with E-state index in [2.05, 4.69) is 19.0 Å². The third-order valence-corrected chi connectivity index (χ3v) is 2.71. The monoisotopic (exact) mass is 252 g/mol. The van der Waals surface area contributed by atoms with Crippen LogP contribution in [0, 0.1) is 0 Å². The maximum Gasteiger partial charge on any atom is 0.127 e. The van der Waals surface area contributed by atoms with Crippen molar-refractivity contribution in [1.82, 2.24) is 4.90 Å². The molecule has 1 rings (SSSR count). The van der Waals surface area contributed by atoms with Crippen LogP contribution >= 0.6 is 0 Å². The van der Waals surface area contributed by atoms with Crippen molar-refractivity contribution in [2.75, 3.05) is 34.4 Å². The Labute approximate surface area is 110 Å². The highest BCUT2D eigenvalue weighted by atomic mass is 16.5. The lowest BCUT2D eigenvalue weighted by atomic mass is 10.1. The van der Waals surface area contributed by atoms with E-state index in [1.807, 2.05) is 25.1 Å². The van der Waals surface area contributed by atoms with Crippen LogP contribution in [0.1, 0.15) is 24.9 Å².